The molecule has 2 aromatic heterocycles. The van der Waals surface area contributed by atoms with Crippen molar-refractivity contribution in [2.75, 3.05) is 6.54 Å². The minimum Gasteiger partial charge on any atom is -0.308 e. The molecule has 0 radical (unpaired) electrons. The standard InChI is InChI=1S/C12H15N5/c1-8-5-10(7-13-6-8)12-16-15-11-9(2)14-3-4-17(11)12/h5-7,9,14H,3-4H2,1-2H3. The summed E-state index contributed by atoms with van der Waals surface area (Å²) < 4.78 is 2.18. The summed E-state index contributed by atoms with van der Waals surface area (Å²) in [4.78, 5) is 4.21. The second-order valence-electron chi connectivity index (χ2n) is 4.46. The van der Waals surface area contributed by atoms with E-state index in [0.717, 1.165) is 35.9 Å². The zero-order valence-corrected chi connectivity index (χ0v) is 10.0. The van der Waals surface area contributed by atoms with Crippen molar-refractivity contribution in [3.05, 3.63) is 29.8 Å². The molecule has 0 saturated carbocycles. The van der Waals surface area contributed by atoms with E-state index >= 15 is 0 Å². The second-order valence-corrected chi connectivity index (χ2v) is 4.46. The van der Waals surface area contributed by atoms with Crippen molar-refractivity contribution in [2.45, 2.75) is 26.4 Å². The van der Waals surface area contributed by atoms with Crippen LogP contribution in [0.1, 0.15) is 24.4 Å². The van der Waals surface area contributed by atoms with E-state index in [2.05, 4.69) is 38.1 Å². The molecule has 1 aliphatic rings. The van der Waals surface area contributed by atoms with E-state index in [4.69, 9.17) is 0 Å². The molecule has 1 atom stereocenters. The molecule has 1 aliphatic heterocycles. The first-order valence-corrected chi connectivity index (χ1v) is 5.84. The molecule has 3 heterocycles. The molecule has 5 heteroatoms. The Morgan fingerprint density at radius 2 is 2.24 bits per heavy atom. The van der Waals surface area contributed by atoms with Crippen LogP contribution in [0.5, 0.6) is 0 Å². The summed E-state index contributed by atoms with van der Waals surface area (Å²) in [7, 11) is 0. The topological polar surface area (TPSA) is 55.6 Å². The Kier molecular flexibility index (Phi) is 2.40. The van der Waals surface area contributed by atoms with Crippen LogP contribution < -0.4 is 5.32 Å². The van der Waals surface area contributed by atoms with E-state index in [1.807, 2.05) is 19.3 Å². The molecule has 0 aliphatic carbocycles. The molecule has 0 spiro atoms. The van der Waals surface area contributed by atoms with Gasteiger partial charge in [0.15, 0.2) is 5.82 Å². The third kappa shape index (κ3) is 1.72. The summed E-state index contributed by atoms with van der Waals surface area (Å²) in [5.41, 5.74) is 2.18. The number of rotatable bonds is 1. The van der Waals surface area contributed by atoms with Crippen LogP contribution in [0.3, 0.4) is 0 Å². The summed E-state index contributed by atoms with van der Waals surface area (Å²) in [6.45, 7) is 6.01. The van der Waals surface area contributed by atoms with Crippen LogP contribution in [-0.4, -0.2) is 26.3 Å². The van der Waals surface area contributed by atoms with E-state index in [0.29, 0.717) is 0 Å². The maximum absolute atomic E-state index is 4.29. The van der Waals surface area contributed by atoms with Crippen molar-refractivity contribution in [1.29, 1.82) is 0 Å². The molecule has 1 unspecified atom stereocenters. The number of hydrogen-bond acceptors (Lipinski definition) is 4. The van der Waals surface area contributed by atoms with Crippen LogP contribution in [0.4, 0.5) is 0 Å². The van der Waals surface area contributed by atoms with Gasteiger partial charge in [0, 0.05) is 31.0 Å². The van der Waals surface area contributed by atoms with Crippen LogP contribution in [0, 0.1) is 6.92 Å². The van der Waals surface area contributed by atoms with Gasteiger partial charge in [-0.2, -0.15) is 0 Å². The largest absolute Gasteiger partial charge is 0.308 e. The lowest BCUT2D eigenvalue weighted by Crippen LogP contribution is -2.32. The van der Waals surface area contributed by atoms with Crippen LogP contribution in [-0.2, 0) is 6.54 Å². The van der Waals surface area contributed by atoms with Gasteiger partial charge in [-0.15, -0.1) is 10.2 Å². The number of hydrogen-bond donors (Lipinski definition) is 1. The predicted octanol–water partition coefficient (Wildman–Crippen LogP) is 1.31. The lowest BCUT2D eigenvalue weighted by molar-refractivity contribution is 0.439. The van der Waals surface area contributed by atoms with Crippen LogP contribution >= 0.6 is 0 Å². The molecule has 88 valence electrons. The Labute approximate surface area is 99.9 Å². The Bertz CT molecular complexity index is 546. The van der Waals surface area contributed by atoms with Gasteiger partial charge in [-0.25, -0.2) is 0 Å². The first kappa shape index (κ1) is 10.4. The number of aryl methyl sites for hydroxylation is 1. The number of nitrogens with one attached hydrogen (secondary N) is 1. The van der Waals surface area contributed by atoms with Crippen LogP contribution in [0.2, 0.25) is 0 Å². The van der Waals surface area contributed by atoms with Crippen molar-refractivity contribution in [2.24, 2.45) is 0 Å². The fourth-order valence-electron chi connectivity index (χ4n) is 2.23. The molecule has 0 saturated heterocycles. The fraction of sp³-hybridized carbons (Fsp3) is 0.417. The minimum absolute atomic E-state index is 0.266. The zero-order chi connectivity index (χ0) is 11.8. The molecule has 2 aromatic rings. The highest BCUT2D eigenvalue weighted by Crippen LogP contribution is 2.23. The number of fused-ring (bicyclic) bond motifs is 1. The van der Waals surface area contributed by atoms with E-state index in [9.17, 15) is 0 Å². The summed E-state index contributed by atoms with van der Waals surface area (Å²) >= 11 is 0. The molecule has 0 amide bonds. The Morgan fingerprint density at radius 1 is 1.35 bits per heavy atom. The highest BCUT2D eigenvalue weighted by atomic mass is 15.3. The Morgan fingerprint density at radius 3 is 3.06 bits per heavy atom. The van der Waals surface area contributed by atoms with E-state index in [1.54, 1.807) is 0 Å². The lowest BCUT2D eigenvalue weighted by atomic mass is 10.2. The fourth-order valence-corrected chi connectivity index (χ4v) is 2.23. The molecule has 1 N–H and O–H groups in total. The van der Waals surface area contributed by atoms with Crippen molar-refractivity contribution in [1.82, 2.24) is 25.1 Å². The van der Waals surface area contributed by atoms with Crippen LogP contribution in [0.15, 0.2) is 18.5 Å². The molecule has 5 nitrogen and oxygen atoms in total. The average Bonchev–Trinajstić information content (AvgIpc) is 2.74. The molecule has 0 aromatic carbocycles. The summed E-state index contributed by atoms with van der Waals surface area (Å²) in [6.07, 6.45) is 3.69. The van der Waals surface area contributed by atoms with Gasteiger partial charge in [-0.05, 0) is 25.5 Å². The minimum atomic E-state index is 0.266. The van der Waals surface area contributed by atoms with Gasteiger partial charge in [0.1, 0.15) is 5.82 Å². The van der Waals surface area contributed by atoms with Gasteiger partial charge >= 0.3 is 0 Å². The van der Waals surface area contributed by atoms with Gasteiger partial charge in [0.2, 0.25) is 0 Å². The highest BCUT2D eigenvalue weighted by molar-refractivity contribution is 5.55. The monoisotopic (exact) mass is 229 g/mol. The molecule has 17 heavy (non-hydrogen) atoms. The molecular weight excluding hydrogens is 214 g/mol. The molecule has 0 bridgehead atoms. The smallest absolute Gasteiger partial charge is 0.165 e. The van der Waals surface area contributed by atoms with E-state index in [-0.39, 0.29) is 6.04 Å². The van der Waals surface area contributed by atoms with Crippen molar-refractivity contribution in [3.63, 3.8) is 0 Å². The summed E-state index contributed by atoms with van der Waals surface area (Å²) in [6, 6.07) is 2.36. The first-order chi connectivity index (χ1) is 8.25. The SMILES string of the molecule is Cc1cncc(-c2nnc3n2CCNC3C)c1. The maximum atomic E-state index is 4.29. The third-order valence-corrected chi connectivity index (χ3v) is 3.09. The van der Waals surface area contributed by atoms with Crippen LogP contribution in [0.25, 0.3) is 11.4 Å². The average molecular weight is 229 g/mol. The Balaban J connectivity index is 2.10. The van der Waals surface area contributed by atoms with Gasteiger partial charge in [0.25, 0.3) is 0 Å². The van der Waals surface area contributed by atoms with Gasteiger partial charge in [-0.1, -0.05) is 0 Å². The van der Waals surface area contributed by atoms with Gasteiger partial charge in [0.05, 0.1) is 6.04 Å². The summed E-state index contributed by atoms with van der Waals surface area (Å²) in [5, 5.41) is 11.9. The summed E-state index contributed by atoms with van der Waals surface area (Å²) in [5.74, 6) is 1.93. The highest BCUT2D eigenvalue weighted by Gasteiger charge is 2.21. The lowest BCUT2D eigenvalue weighted by Gasteiger charge is -2.21. The molecule has 3 rings (SSSR count). The van der Waals surface area contributed by atoms with Gasteiger partial charge < -0.3 is 9.88 Å². The normalized spacial score (nSPS) is 19.1. The van der Waals surface area contributed by atoms with E-state index in [1.165, 1.54) is 0 Å². The van der Waals surface area contributed by atoms with Crippen molar-refractivity contribution >= 4 is 0 Å². The number of pyridine rings is 1. The number of nitrogens with zero attached hydrogens (tertiary/aromatic N) is 4. The molecule has 0 fully saturated rings. The van der Waals surface area contributed by atoms with Gasteiger partial charge in [-0.3, -0.25) is 4.98 Å². The van der Waals surface area contributed by atoms with Crippen molar-refractivity contribution < 1.29 is 0 Å². The second kappa shape index (κ2) is 3.92. The first-order valence-electron chi connectivity index (χ1n) is 5.84. The quantitative estimate of drug-likeness (QED) is 0.801. The Hall–Kier alpha value is -1.75. The zero-order valence-electron chi connectivity index (χ0n) is 10.0. The molecular formula is C12H15N5. The van der Waals surface area contributed by atoms with Crippen molar-refractivity contribution in [3.8, 4) is 11.4 Å². The third-order valence-electron chi connectivity index (χ3n) is 3.09. The maximum Gasteiger partial charge on any atom is 0.165 e. The predicted molar refractivity (Wildman–Crippen MR) is 64.4 cm³/mol. The van der Waals surface area contributed by atoms with E-state index < -0.39 is 0 Å². The number of aromatic nitrogens is 4.